The van der Waals surface area contributed by atoms with Crippen molar-refractivity contribution >= 4 is 46.4 Å². The van der Waals surface area contributed by atoms with Crippen molar-refractivity contribution in [2.75, 3.05) is 0 Å². The second-order valence-corrected chi connectivity index (χ2v) is 5.76. The largest absolute Gasteiger partial charge is 2.00 e. The fraction of sp³-hybridized carbons (Fsp3) is 0. The normalized spacial score (nSPS) is 12.2. The van der Waals surface area contributed by atoms with Gasteiger partial charge in [-0.3, -0.25) is 0 Å². The first-order valence-corrected chi connectivity index (χ1v) is 7.74. The molecule has 4 nitrogen and oxygen atoms in total. The molecule has 0 aromatic carbocycles. The fourth-order valence-corrected chi connectivity index (χ4v) is 2.83. The van der Waals surface area contributed by atoms with Crippen LogP contribution in [-0.4, -0.2) is 9.97 Å². The van der Waals surface area contributed by atoms with E-state index in [4.69, 9.17) is 0 Å². The molecule has 0 radical (unpaired) electrons. The summed E-state index contributed by atoms with van der Waals surface area (Å²) in [5, 5.41) is 0. The monoisotopic (exact) mass is 414 g/mol. The summed E-state index contributed by atoms with van der Waals surface area (Å²) in [7, 11) is 0. The Kier molecular flexibility index (Phi) is 3.97. The maximum atomic E-state index is 4.59. The van der Waals surface area contributed by atoms with E-state index in [9.17, 15) is 0 Å². The Morgan fingerprint density at radius 1 is 0.480 bits per heavy atom. The van der Waals surface area contributed by atoms with E-state index in [0.717, 1.165) is 44.8 Å². The predicted molar refractivity (Wildman–Crippen MR) is 96.8 cm³/mol. The molecule has 2 aliphatic heterocycles. The average Bonchev–Trinajstić information content (AvgIpc) is 3.32. The van der Waals surface area contributed by atoms with Gasteiger partial charge in [0.05, 0.1) is 22.8 Å². The fourth-order valence-electron chi connectivity index (χ4n) is 2.83. The van der Waals surface area contributed by atoms with E-state index in [1.165, 1.54) is 0 Å². The van der Waals surface area contributed by atoms with Crippen LogP contribution < -0.4 is 9.97 Å². The van der Waals surface area contributed by atoms with Crippen molar-refractivity contribution in [3.8, 4) is 0 Å². The number of aromatic nitrogens is 4. The SMILES string of the molecule is C1=Cc2cc3ccc(cc4nc(cc5ccc(cc1n2)[n-]5)C=C4)[n-]3.[Pd+2]. The van der Waals surface area contributed by atoms with E-state index >= 15 is 0 Å². The smallest absolute Gasteiger partial charge is 0.658 e. The van der Waals surface area contributed by atoms with Gasteiger partial charge in [0.15, 0.2) is 0 Å². The number of hydrogen-bond acceptors (Lipinski definition) is 2. The minimum atomic E-state index is 0. The molecule has 8 bridgehead atoms. The molecule has 3 aromatic heterocycles. The summed E-state index contributed by atoms with van der Waals surface area (Å²) in [6, 6.07) is 15.9. The minimum absolute atomic E-state index is 0. The van der Waals surface area contributed by atoms with Crippen LogP contribution in [0.15, 0.2) is 48.5 Å². The van der Waals surface area contributed by atoms with Crippen LogP contribution in [0, 0.1) is 0 Å². The molecular formula is C20H12N4Pd. The average molecular weight is 415 g/mol. The van der Waals surface area contributed by atoms with Crippen molar-refractivity contribution in [3.63, 3.8) is 0 Å². The standard InChI is InChI=1S/C20H12N4.Pd/c1-2-14-10-16-5-6-18(23-16)12-20-8-7-19(24-20)11-17-4-3-15(22-17)9-13(1)21-14;/h1-12H;/q-2;+2. The van der Waals surface area contributed by atoms with Crippen molar-refractivity contribution < 1.29 is 20.4 Å². The van der Waals surface area contributed by atoms with Gasteiger partial charge in [0.1, 0.15) is 0 Å². The summed E-state index contributed by atoms with van der Waals surface area (Å²) < 4.78 is 0. The number of hydrogen-bond donors (Lipinski definition) is 0. The summed E-state index contributed by atoms with van der Waals surface area (Å²) in [5.74, 6) is 0. The zero-order valence-corrected chi connectivity index (χ0v) is 14.6. The van der Waals surface area contributed by atoms with Gasteiger partial charge in [0.2, 0.25) is 0 Å². The van der Waals surface area contributed by atoms with Crippen LogP contribution in [0.3, 0.4) is 0 Å². The molecule has 0 atom stereocenters. The Morgan fingerprint density at radius 3 is 1.04 bits per heavy atom. The maximum absolute atomic E-state index is 4.59. The molecule has 0 aliphatic carbocycles. The zero-order chi connectivity index (χ0) is 15.9. The Balaban J connectivity index is 0.00000157. The van der Waals surface area contributed by atoms with Gasteiger partial charge in [-0.05, 0) is 24.3 Å². The van der Waals surface area contributed by atoms with Crippen molar-refractivity contribution in [1.82, 2.24) is 19.9 Å². The second kappa shape index (κ2) is 6.29. The summed E-state index contributed by atoms with van der Waals surface area (Å²) in [5.41, 5.74) is 7.15. The molecule has 5 heteroatoms. The van der Waals surface area contributed by atoms with Gasteiger partial charge in [-0.2, -0.15) is 0 Å². The zero-order valence-electron chi connectivity index (χ0n) is 13.0. The molecule has 25 heavy (non-hydrogen) atoms. The topological polar surface area (TPSA) is 54.0 Å². The van der Waals surface area contributed by atoms with Crippen LogP contribution in [-0.2, 0) is 20.4 Å². The maximum Gasteiger partial charge on any atom is 2.00 e. The predicted octanol–water partition coefficient (Wildman–Crippen LogP) is 3.91. The first-order chi connectivity index (χ1) is 11.8. The van der Waals surface area contributed by atoms with Crippen LogP contribution in [0.25, 0.3) is 46.4 Å². The number of rotatable bonds is 0. The summed E-state index contributed by atoms with van der Waals surface area (Å²) in [6.07, 6.45) is 7.95. The molecule has 0 N–H and O–H groups in total. The molecule has 122 valence electrons. The molecule has 0 saturated carbocycles. The molecule has 5 heterocycles. The van der Waals surface area contributed by atoms with Crippen molar-refractivity contribution in [3.05, 3.63) is 71.3 Å². The summed E-state index contributed by atoms with van der Waals surface area (Å²) >= 11 is 0. The molecular weight excluding hydrogens is 403 g/mol. The van der Waals surface area contributed by atoms with E-state index < -0.39 is 0 Å². The summed E-state index contributed by atoms with van der Waals surface area (Å²) in [4.78, 5) is 18.4. The third-order valence-electron chi connectivity index (χ3n) is 3.92. The quantitative estimate of drug-likeness (QED) is 0.360. The van der Waals surface area contributed by atoms with Crippen molar-refractivity contribution in [2.45, 2.75) is 0 Å². The van der Waals surface area contributed by atoms with E-state index in [2.05, 4.69) is 19.9 Å². The second-order valence-electron chi connectivity index (χ2n) is 5.76. The Hall–Kier alpha value is -2.74. The van der Waals surface area contributed by atoms with E-state index in [0.29, 0.717) is 0 Å². The van der Waals surface area contributed by atoms with Gasteiger partial charge in [-0.25, -0.2) is 9.97 Å². The molecule has 0 unspecified atom stereocenters. The third-order valence-corrected chi connectivity index (χ3v) is 3.92. The molecule has 3 aromatic rings. The van der Waals surface area contributed by atoms with E-state index in [-0.39, 0.29) is 20.4 Å². The minimum Gasteiger partial charge on any atom is -0.658 e. The first-order valence-electron chi connectivity index (χ1n) is 7.74. The third kappa shape index (κ3) is 3.25. The van der Waals surface area contributed by atoms with Crippen LogP contribution in [0.5, 0.6) is 0 Å². The van der Waals surface area contributed by atoms with Crippen LogP contribution in [0.1, 0.15) is 22.8 Å². The van der Waals surface area contributed by atoms with E-state index in [1.54, 1.807) is 0 Å². The van der Waals surface area contributed by atoms with Gasteiger partial charge in [-0.15, -0.1) is 22.1 Å². The first kappa shape index (κ1) is 15.8. The Labute approximate surface area is 158 Å². The van der Waals surface area contributed by atoms with Crippen molar-refractivity contribution in [2.24, 2.45) is 0 Å². The van der Waals surface area contributed by atoms with Gasteiger partial charge >= 0.3 is 20.4 Å². The summed E-state index contributed by atoms with van der Waals surface area (Å²) in [6.45, 7) is 0. The Morgan fingerprint density at radius 2 is 0.760 bits per heavy atom. The van der Waals surface area contributed by atoms with Gasteiger partial charge in [-0.1, -0.05) is 48.5 Å². The number of nitrogens with zero attached hydrogens (tertiary/aromatic N) is 4. The Bertz CT molecular complexity index is 990. The van der Waals surface area contributed by atoms with Crippen LogP contribution >= 0.6 is 0 Å². The van der Waals surface area contributed by atoms with E-state index in [1.807, 2.05) is 72.8 Å². The molecule has 0 saturated heterocycles. The van der Waals surface area contributed by atoms with Crippen molar-refractivity contribution in [1.29, 1.82) is 0 Å². The van der Waals surface area contributed by atoms with Crippen LogP contribution in [0.2, 0.25) is 0 Å². The number of fused-ring (bicyclic) bond motifs is 8. The van der Waals surface area contributed by atoms with Crippen LogP contribution in [0.4, 0.5) is 0 Å². The molecule has 0 fully saturated rings. The molecule has 2 aliphatic rings. The van der Waals surface area contributed by atoms with Gasteiger partial charge in [0, 0.05) is 0 Å². The van der Waals surface area contributed by atoms with Gasteiger partial charge in [0.25, 0.3) is 0 Å². The molecule has 0 amide bonds. The molecule has 5 rings (SSSR count). The van der Waals surface area contributed by atoms with Gasteiger partial charge < -0.3 is 9.97 Å². The molecule has 0 spiro atoms.